The molecule has 1 heterocycles. The van der Waals surface area contributed by atoms with Gasteiger partial charge in [0.05, 0.1) is 11.4 Å². The van der Waals surface area contributed by atoms with Crippen molar-refractivity contribution >= 4 is 21.6 Å². The summed E-state index contributed by atoms with van der Waals surface area (Å²) in [5, 5.41) is 0.554. The van der Waals surface area contributed by atoms with Gasteiger partial charge in [-0.05, 0) is 24.3 Å². The minimum absolute atomic E-state index is 0.0601. The molecule has 0 aliphatic heterocycles. The number of hydrogen-bond acceptors (Lipinski definition) is 4. The molecule has 0 saturated heterocycles. The molecule has 0 unspecified atom stereocenters. The number of halogens is 1. The first-order valence-corrected chi connectivity index (χ1v) is 8.64. The molecule has 0 N–H and O–H groups in total. The minimum Gasteiger partial charge on any atom is -0.492 e. The molecular formula is C15H17ClN2O4S. The van der Waals surface area contributed by atoms with Gasteiger partial charge >= 0.3 is 0 Å². The van der Waals surface area contributed by atoms with E-state index in [1.54, 1.807) is 24.3 Å². The highest BCUT2D eigenvalue weighted by Gasteiger charge is 2.18. The average molecular weight is 357 g/mol. The third-order valence-electron chi connectivity index (χ3n) is 3.13. The number of nitrogens with zero attached hydrogens (tertiary/aromatic N) is 2. The summed E-state index contributed by atoms with van der Waals surface area (Å²) in [6, 6.07) is 9.43. The van der Waals surface area contributed by atoms with Crippen molar-refractivity contribution in [1.29, 1.82) is 0 Å². The summed E-state index contributed by atoms with van der Waals surface area (Å²) < 4.78 is 32.1. The zero-order chi connectivity index (χ0) is 17.0. The Labute approximate surface area is 139 Å². The van der Waals surface area contributed by atoms with Gasteiger partial charge in [-0.1, -0.05) is 17.7 Å². The topological polar surface area (TPSA) is 68.6 Å². The van der Waals surface area contributed by atoms with Gasteiger partial charge in [0, 0.05) is 31.4 Å². The summed E-state index contributed by atoms with van der Waals surface area (Å²) in [4.78, 5) is 11.9. The van der Waals surface area contributed by atoms with Gasteiger partial charge in [-0.25, -0.2) is 12.7 Å². The van der Waals surface area contributed by atoms with Gasteiger partial charge in [0.1, 0.15) is 12.4 Å². The lowest BCUT2D eigenvalue weighted by Gasteiger charge is -2.13. The van der Waals surface area contributed by atoms with Crippen molar-refractivity contribution in [2.45, 2.75) is 11.4 Å². The number of pyridine rings is 1. The van der Waals surface area contributed by atoms with Crippen LogP contribution in [0.2, 0.25) is 5.02 Å². The minimum atomic E-state index is -3.58. The predicted molar refractivity (Wildman–Crippen MR) is 88.5 cm³/mol. The van der Waals surface area contributed by atoms with E-state index in [4.69, 9.17) is 16.3 Å². The number of sulfonamides is 1. The highest BCUT2D eigenvalue weighted by atomic mass is 35.5. The van der Waals surface area contributed by atoms with E-state index < -0.39 is 10.0 Å². The monoisotopic (exact) mass is 356 g/mol. The number of rotatable bonds is 6. The van der Waals surface area contributed by atoms with E-state index in [0.717, 1.165) is 4.31 Å². The molecule has 0 fully saturated rings. The van der Waals surface area contributed by atoms with Crippen LogP contribution in [-0.2, 0) is 16.6 Å². The summed E-state index contributed by atoms with van der Waals surface area (Å²) >= 11 is 5.86. The van der Waals surface area contributed by atoms with Crippen LogP contribution in [0, 0.1) is 0 Å². The lowest BCUT2D eigenvalue weighted by molar-refractivity contribution is 0.296. The van der Waals surface area contributed by atoms with Crippen molar-refractivity contribution in [2.24, 2.45) is 0 Å². The second-order valence-corrected chi connectivity index (χ2v) is 7.58. The van der Waals surface area contributed by atoms with E-state index in [1.165, 1.54) is 37.0 Å². The first-order chi connectivity index (χ1) is 10.8. The average Bonchev–Trinajstić information content (AvgIpc) is 2.49. The molecule has 0 aliphatic rings. The van der Waals surface area contributed by atoms with Crippen molar-refractivity contribution in [1.82, 2.24) is 8.87 Å². The molecule has 0 spiro atoms. The number of ether oxygens (including phenoxy) is 1. The van der Waals surface area contributed by atoms with E-state index in [0.29, 0.717) is 10.8 Å². The molecule has 1 aromatic carbocycles. The van der Waals surface area contributed by atoms with Crippen molar-refractivity contribution in [2.75, 3.05) is 20.7 Å². The maximum Gasteiger partial charge on any atom is 0.250 e. The van der Waals surface area contributed by atoms with Gasteiger partial charge in [0.15, 0.2) is 0 Å². The summed E-state index contributed by atoms with van der Waals surface area (Å²) in [5.74, 6) is 0.586. The molecule has 0 bridgehead atoms. The number of aromatic nitrogens is 1. The van der Waals surface area contributed by atoms with Crippen molar-refractivity contribution in [3.8, 4) is 5.75 Å². The van der Waals surface area contributed by atoms with Gasteiger partial charge in [-0.15, -0.1) is 0 Å². The van der Waals surface area contributed by atoms with E-state index >= 15 is 0 Å². The third-order valence-corrected chi connectivity index (χ3v) is 5.17. The van der Waals surface area contributed by atoms with Crippen LogP contribution in [0.5, 0.6) is 5.75 Å². The van der Waals surface area contributed by atoms with Crippen LogP contribution in [0.1, 0.15) is 0 Å². The fourth-order valence-corrected chi connectivity index (χ4v) is 2.97. The van der Waals surface area contributed by atoms with E-state index in [9.17, 15) is 13.2 Å². The van der Waals surface area contributed by atoms with Crippen molar-refractivity contribution in [3.63, 3.8) is 0 Å². The molecule has 0 atom stereocenters. The largest absolute Gasteiger partial charge is 0.492 e. The van der Waals surface area contributed by atoms with E-state index in [2.05, 4.69) is 0 Å². The third kappa shape index (κ3) is 4.34. The molecule has 0 aliphatic carbocycles. The number of benzene rings is 1. The maximum absolute atomic E-state index is 12.1. The molecule has 0 amide bonds. The molecule has 2 rings (SSSR count). The molecule has 2 aromatic rings. The van der Waals surface area contributed by atoms with Crippen LogP contribution in [0.25, 0.3) is 0 Å². The van der Waals surface area contributed by atoms with Crippen LogP contribution in [0.3, 0.4) is 0 Å². The normalized spacial score (nSPS) is 11.7. The Morgan fingerprint density at radius 2 is 1.96 bits per heavy atom. The second kappa shape index (κ2) is 7.16. The van der Waals surface area contributed by atoms with Crippen molar-refractivity contribution < 1.29 is 13.2 Å². The highest BCUT2D eigenvalue weighted by Crippen LogP contribution is 2.17. The zero-order valence-corrected chi connectivity index (χ0v) is 14.3. The molecule has 8 heteroatoms. The Hall–Kier alpha value is -1.83. The zero-order valence-electron chi connectivity index (χ0n) is 12.8. The van der Waals surface area contributed by atoms with Gasteiger partial charge < -0.3 is 9.30 Å². The molecule has 124 valence electrons. The molecule has 1 aromatic heterocycles. The van der Waals surface area contributed by atoms with Gasteiger partial charge in [0.2, 0.25) is 10.0 Å². The maximum atomic E-state index is 12.1. The lowest BCUT2D eigenvalue weighted by atomic mass is 10.3. The van der Waals surface area contributed by atoms with Crippen LogP contribution in [0.4, 0.5) is 0 Å². The molecule has 6 nitrogen and oxygen atoms in total. The van der Waals surface area contributed by atoms with Crippen LogP contribution in [-0.4, -0.2) is 38.0 Å². The van der Waals surface area contributed by atoms with Crippen LogP contribution < -0.4 is 10.3 Å². The molecule has 23 heavy (non-hydrogen) atoms. The predicted octanol–water partition coefficient (Wildman–Crippen LogP) is 1.83. The lowest BCUT2D eigenvalue weighted by Crippen LogP contribution is -2.27. The van der Waals surface area contributed by atoms with E-state index in [1.807, 2.05) is 0 Å². The van der Waals surface area contributed by atoms with Gasteiger partial charge in [0.25, 0.3) is 5.56 Å². The van der Waals surface area contributed by atoms with E-state index in [-0.39, 0.29) is 23.6 Å². The SMILES string of the molecule is CN(C)S(=O)(=O)c1ccc(=O)n(CCOc2cccc(Cl)c2)c1. The Kier molecular flexibility index (Phi) is 5.46. The smallest absolute Gasteiger partial charge is 0.250 e. The summed E-state index contributed by atoms with van der Waals surface area (Å²) in [6.07, 6.45) is 1.32. The van der Waals surface area contributed by atoms with Crippen LogP contribution in [0.15, 0.2) is 52.3 Å². The second-order valence-electron chi connectivity index (χ2n) is 4.99. The van der Waals surface area contributed by atoms with Crippen molar-refractivity contribution in [3.05, 3.63) is 58.0 Å². The Morgan fingerprint density at radius 3 is 2.61 bits per heavy atom. The molecule has 0 radical (unpaired) electrons. The summed E-state index contributed by atoms with van der Waals surface area (Å²) in [7, 11) is -0.709. The summed E-state index contributed by atoms with van der Waals surface area (Å²) in [5.41, 5.74) is -0.294. The first-order valence-electron chi connectivity index (χ1n) is 6.82. The highest BCUT2D eigenvalue weighted by molar-refractivity contribution is 7.89. The van der Waals surface area contributed by atoms with Crippen LogP contribution >= 0.6 is 11.6 Å². The van der Waals surface area contributed by atoms with Gasteiger partial charge in [-0.2, -0.15) is 0 Å². The molecule has 0 saturated carbocycles. The van der Waals surface area contributed by atoms with Gasteiger partial charge in [-0.3, -0.25) is 4.79 Å². The fourth-order valence-electron chi connectivity index (χ4n) is 1.87. The molecular weight excluding hydrogens is 340 g/mol. The first kappa shape index (κ1) is 17.5. The summed E-state index contributed by atoms with van der Waals surface area (Å²) in [6.45, 7) is 0.438. The fraction of sp³-hybridized carbons (Fsp3) is 0.267. The quantitative estimate of drug-likeness (QED) is 0.791. The Morgan fingerprint density at radius 1 is 1.22 bits per heavy atom. The number of hydrogen-bond donors (Lipinski definition) is 0. The Bertz CT molecular complexity index is 847. The Balaban J connectivity index is 2.13. The standard InChI is InChI=1S/C15H17ClN2O4S/c1-17(2)23(20,21)14-6-7-15(19)18(11-14)8-9-22-13-5-3-4-12(16)10-13/h3-7,10-11H,8-9H2,1-2H3.